The summed E-state index contributed by atoms with van der Waals surface area (Å²) in [6, 6.07) is 9.94. The number of amides is 1. The quantitative estimate of drug-likeness (QED) is 0.898. The minimum Gasteiger partial charge on any atom is -0.351 e. The van der Waals surface area contributed by atoms with Crippen molar-refractivity contribution in [2.24, 2.45) is 11.3 Å². The third-order valence-electron chi connectivity index (χ3n) is 4.47. The molecule has 1 aliphatic rings. The fourth-order valence-electron chi connectivity index (χ4n) is 2.86. The predicted molar refractivity (Wildman–Crippen MR) is 82.7 cm³/mol. The molecule has 1 amide bonds. The third kappa shape index (κ3) is 2.92. The standard InChI is InChI=1S/C18H20FNO/c1-18(2,13-6-7-13)11-20-17(21)16-5-3-4-12-10-14(19)8-9-15(12)16/h3-5,8-10,13H,6-7,11H2,1-2H3,(H,20,21). The van der Waals surface area contributed by atoms with E-state index in [2.05, 4.69) is 19.2 Å². The van der Waals surface area contributed by atoms with Crippen molar-refractivity contribution in [3.8, 4) is 0 Å². The average molecular weight is 285 g/mol. The molecule has 2 aromatic rings. The van der Waals surface area contributed by atoms with Crippen LogP contribution in [0.3, 0.4) is 0 Å². The number of carbonyl (C=O) groups is 1. The van der Waals surface area contributed by atoms with E-state index in [1.54, 1.807) is 18.2 Å². The van der Waals surface area contributed by atoms with Gasteiger partial charge in [-0.05, 0) is 53.1 Å². The molecule has 0 bridgehead atoms. The average Bonchev–Trinajstić information content (AvgIpc) is 3.29. The van der Waals surface area contributed by atoms with Crippen LogP contribution in [0.4, 0.5) is 4.39 Å². The van der Waals surface area contributed by atoms with E-state index >= 15 is 0 Å². The fraction of sp³-hybridized carbons (Fsp3) is 0.389. The summed E-state index contributed by atoms with van der Waals surface area (Å²) in [5.41, 5.74) is 0.755. The van der Waals surface area contributed by atoms with Crippen molar-refractivity contribution in [2.75, 3.05) is 6.54 Å². The van der Waals surface area contributed by atoms with Gasteiger partial charge < -0.3 is 5.32 Å². The molecule has 3 heteroatoms. The second kappa shape index (κ2) is 5.14. The Morgan fingerprint density at radius 2 is 2.05 bits per heavy atom. The van der Waals surface area contributed by atoms with Gasteiger partial charge in [-0.15, -0.1) is 0 Å². The highest BCUT2D eigenvalue weighted by Crippen LogP contribution is 2.44. The minimum atomic E-state index is -0.282. The molecule has 0 aliphatic heterocycles. The van der Waals surface area contributed by atoms with Crippen LogP contribution in [0.5, 0.6) is 0 Å². The van der Waals surface area contributed by atoms with E-state index < -0.39 is 0 Å². The molecule has 2 nitrogen and oxygen atoms in total. The Morgan fingerprint density at radius 3 is 2.76 bits per heavy atom. The van der Waals surface area contributed by atoms with Gasteiger partial charge >= 0.3 is 0 Å². The van der Waals surface area contributed by atoms with Crippen molar-refractivity contribution in [3.05, 3.63) is 47.8 Å². The van der Waals surface area contributed by atoms with Gasteiger partial charge in [-0.1, -0.05) is 32.0 Å². The second-order valence-corrected chi connectivity index (χ2v) is 6.62. The lowest BCUT2D eigenvalue weighted by molar-refractivity contribution is 0.0933. The highest BCUT2D eigenvalue weighted by atomic mass is 19.1. The normalized spacial score (nSPS) is 15.2. The van der Waals surface area contributed by atoms with Crippen LogP contribution in [0.2, 0.25) is 0 Å². The van der Waals surface area contributed by atoms with Crippen molar-refractivity contribution in [1.82, 2.24) is 5.32 Å². The zero-order chi connectivity index (χ0) is 15.0. The lowest BCUT2D eigenvalue weighted by Crippen LogP contribution is -2.35. The first-order valence-corrected chi connectivity index (χ1v) is 7.44. The molecule has 1 fully saturated rings. The van der Waals surface area contributed by atoms with E-state index in [1.807, 2.05) is 6.07 Å². The van der Waals surface area contributed by atoms with Crippen LogP contribution in [0.1, 0.15) is 37.0 Å². The summed E-state index contributed by atoms with van der Waals surface area (Å²) in [5.74, 6) is 0.357. The predicted octanol–water partition coefficient (Wildman–Crippen LogP) is 4.14. The fourth-order valence-corrected chi connectivity index (χ4v) is 2.86. The zero-order valence-corrected chi connectivity index (χ0v) is 12.4. The SMILES string of the molecule is CC(C)(CNC(=O)c1cccc2cc(F)ccc12)C1CC1. The molecule has 1 N–H and O–H groups in total. The van der Waals surface area contributed by atoms with Crippen molar-refractivity contribution in [3.63, 3.8) is 0 Å². The van der Waals surface area contributed by atoms with Gasteiger partial charge in [0.05, 0.1) is 0 Å². The molecule has 0 heterocycles. The van der Waals surface area contributed by atoms with Crippen LogP contribution < -0.4 is 5.32 Å². The van der Waals surface area contributed by atoms with Gasteiger partial charge in [0.1, 0.15) is 5.82 Å². The zero-order valence-electron chi connectivity index (χ0n) is 12.4. The molecule has 21 heavy (non-hydrogen) atoms. The van der Waals surface area contributed by atoms with E-state index in [0.717, 1.165) is 16.7 Å². The van der Waals surface area contributed by atoms with Gasteiger partial charge in [0.15, 0.2) is 0 Å². The highest BCUT2D eigenvalue weighted by Gasteiger charge is 2.37. The molecule has 0 aromatic heterocycles. The number of hydrogen-bond donors (Lipinski definition) is 1. The molecular weight excluding hydrogens is 265 g/mol. The van der Waals surface area contributed by atoms with Gasteiger partial charge in [0, 0.05) is 12.1 Å². The minimum absolute atomic E-state index is 0.0825. The van der Waals surface area contributed by atoms with Crippen LogP contribution in [0.15, 0.2) is 36.4 Å². The molecule has 1 aliphatic carbocycles. The Morgan fingerprint density at radius 1 is 1.29 bits per heavy atom. The lowest BCUT2D eigenvalue weighted by atomic mass is 9.87. The van der Waals surface area contributed by atoms with Crippen LogP contribution in [-0.2, 0) is 0 Å². The van der Waals surface area contributed by atoms with Crippen LogP contribution in [0.25, 0.3) is 10.8 Å². The van der Waals surface area contributed by atoms with Gasteiger partial charge in [0.25, 0.3) is 5.91 Å². The Balaban J connectivity index is 1.81. The maximum Gasteiger partial charge on any atom is 0.251 e. The summed E-state index contributed by atoms with van der Waals surface area (Å²) in [7, 11) is 0. The van der Waals surface area contributed by atoms with Crippen molar-refractivity contribution in [1.29, 1.82) is 0 Å². The first-order valence-electron chi connectivity index (χ1n) is 7.44. The van der Waals surface area contributed by atoms with Gasteiger partial charge in [-0.25, -0.2) is 4.39 Å². The highest BCUT2D eigenvalue weighted by molar-refractivity contribution is 6.07. The van der Waals surface area contributed by atoms with E-state index in [-0.39, 0.29) is 17.1 Å². The van der Waals surface area contributed by atoms with Gasteiger partial charge in [-0.3, -0.25) is 4.79 Å². The maximum absolute atomic E-state index is 13.3. The van der Waals surface area contributed by atoms with Crippen molar-refractivity contribution in [2.45, 2.75) is 26.7 Å². The monoisotopic (exact) mass is 285 g/mol. The van der Waals surface area contributed by atoms with Crippen molar-refractivity contribution < 1.29 is 9.18 Å². The van der Waals surface area contributed by atoms with E-state index in [0.29, 0.717) is 12.1 Å². The number of halogens is 1. The summed E-state index contributed by atoms with van der Waals surface area (Å²) < 4.78 is 13.3. The molecule has 0 radical (unpaired) electrons. The Kier molecular flexibility index (Phi) is 3.44. The van der Waals surface area contributed by atoms with Gasteiger partial charge in [0.2, 0.25) is 0 Å². The summed E-state index contributed by atoms with van der Waals surface area (Å²) in [6.45, 7) is 5.07. The maximum atomic E-state index is 13.3. The van der Waals surface area contributed by atoms with E-state index in [1.165, 1.54) is 25.0 Å². The number of benzene rings is 2. The molecule has 1 saturated carbocycles. The molecule has 2 aromatic carbocycles. The molecule has 3 rings (SSSR count). The Labute approximate surface area is 124 Å². The second-order valence-electron chi connectivity index (χ2n) is 6.62. The molecule has 0 saturated heterocycles. The van der Waals surface area contributed by atoms with Crippen LogP contribution in [-0.4, -0.2) is 12.5 Å². The smallest absolute Gasteiger partial charge is 0.251 e. The third-order valence-corrected chi connectivity index (χ3v) is 4.47. The number of carbonyl (C=O) groups excluding carboxylic acids is 1. The van der Waals surface area contributed by atoms with Gasteiger partial charge in [-0.2, -0.15) is 0 Å². The van der Waals surface area contributed by atoms with Crippen molar-refractivity contribution >= 4 is 16.7 Å². The van der Waals surface area contributed by atoms with E-state index in [9.17, 15) is 9.18 Å². The molecule has 0 atom stereocenters. The van der Waals surface area contributed by atoms with E-state index in [4.69, 9.17) is 0 Å². The first kappa shape index (κ1) is 14.1. The lowest BCUT2D eigenvalue weighted by Gasteiger charge is -2.24. The number of fused-ring (bicyclic) bond motifs is 1. The summed E-state index contributed by atoms with van der Waals surface area (Å²) in [5, 5.41) is 4.58. The largest absolute Gasteiger partial charge is 0.351 e. The number of rotatable bonds is 4. The number of nitrogens with one attached hydrogen (secondary N) is 1. The molecule has 0 spiro atoms. The molecule has 110 valence electrons. The first-order chi connectivity index (χ1) is 9.97. The molecular formula is C18H20FNO. The van der Waals surface area contributed by atoms with Crippen LogP contribution >= 0.6 is 0 Å². The summed E-state index contributed by atoms with van der Waals surface area (Å²) >= 11 is 0. The number of hydrogen-bond acceptors (Lipinski definition) is 1. The molecule has 0 unspecified atom stereocenters. The Bertz CT molecular complexity index is 689. The van der Waals surface area contributed by atoms with Crippen LogP contribution in [0, 0.1) is 17.2 Å². The Hall–Kier alpha value is -1.90. The topological polar surface area (TPSA) is 29.1 Å². The summed E-state index contributed by atoms with van der Waals surface area (Å²) in [6.07, 6.45) is 2.52. The summed E-state index contributed by atoms with van der Waals surface area (Å²) in [4.78, 5) is 12.4.